The molecular weight excluding hydrogens is 279 g/mol. The highest BCUT2D eigenvalue weighted by molar-refractivity contribution is 7.85. The number of halogens is 2. The van der Waals surface area contributed by atoms with Gasteiger partial charge in [-0.25, -0.2) is 0 Å². The highest BCUT2D eigenvalue weighted by Gasteiger charge is 2.13. The monoisotopic (exact) mass is 294 g/mol. The van der Waals surface area contributed by atoms with Gasteiger partial charge >= 0.3 is 0 Å². The summed E-state index contributed by atoms with van der Waals surface area (Å²) in [5.41, 5.74) is 0.0579. The van der Waals surface area contributed by atoms with Gasteiger partial charge in [-0.05, 0) is 23.6 Å². The first-order valence-corrected chi connectivity index (χ1v) is 7.28. The molecule has 1 aromatic carbocycles. The van der Waals surface area contributed by atoms with Crippen LogP contribution in [0.4, 0.5) is 0 Å². The molecule has 0 amide bonds. The Morgan fingerprint density at radius 3 is 2.53 bits per heavy atom. The zero-order chi connectivity index (χ0) is 13.1. The summed E-state index contributed by atoms with van der Waals surface area (Å²) in [5.74, 6) is 0.136. The molecule has 1 rings (SSSR count). The molecule has 0 fully saturated rings. The first kappa shape index (κ1) is 15.0. The molecule has 17 heavy (non-hydrogen) atoms. The van der Waals surface area contributed by atoms with Crippen LogP contribution in [0.1, 0.15) is 20.8 Å². The average molecular weight is 295 g/mol. The van der Waals surface area contributed by atoms with E-state index in [4.69, 9.17) is 27.9 Å². The first-order chi connectivity index (χ1) is 7.79. The molecule has 0 aliphatic carbocycles. The predicted octanol–water partition coefficient (Wildman–Crippen LogP) is 4.12. The maximum absolute atomic E-state index is 11.9. The van der Waals surface area contributed by atoms with Crippen molar-refractivity contribution in [2.75, 3.05) is 12.5 Å². The van der Waals surface area contributed by atoms with Gasteiger partial charge in [0.05, 0.1) is 27.3 Å². The largest absolute Gasteiger partial charge is 0.367 e. The van der Waals surface area contributed by atoms with Gasteiger partial charge in [0.2, 0.25) is 0 Å². The lowest BCUT2D eigenvalue weighted by atomic mass is 9.99. The van der Waals surface area contributed by atoms with Crippen molar-refractivity contribution in [2.45, 2.75) is 25.7 Å². The highest BCUT2D eigenvalue weighted by atomic mass is 35.5. The van der Waals surface area contributed by atoms with Crippen molar-refractivity contribution in [3.63, 3.8) is 0 Å². The fraction of sp³-hybridized carbons (Fsp3) is 0.500. The van der Waals surface area contributed by atoms with Gasteiger partial charge in [0.15, 0.2) is 0 Å². The SMILES string of the molecule is CC(C)(C)COCS(=O)c1cc(Cl)ccc1Cl. The Kier molecular flexibility index (Phi) is 5.45. The van der Waals surface area contributed by atoms with E-state index in [-0.39, 0.29) is 11.4 Å². The minimum atomic E-state index is -1.28. The van der Waals surface area contributed by atoms with Crippen LogP contribution in [0.3, 0.4) is 0 Å². The van der Waals surface area contributed by atoms with Gasteiger partial charge in [-0.15, -0.1) is 0 Å². The van der Waals surface area contributed by atoms with Gasteiger partial charge in [0.25, 0.3) is 0 Å². The summed E-state index contributed by atoms with van der Waals surface area (Å²) < 4.78 is 17.4. The van der Waals surface area contributed by atoms with E-state index in [1.54, 1.807) is 18.2 Å². The summed E-state index contributed by atoms with van der Waals surface area (Å²) in [6.45, 7) is 6.73. The molecule has 1 atom stereocenters. The molecule has 96 valence electrons. The van der Waals surface area contributed by atoms with Crippen LogP contribution in [0.2, 0.25) is 10.0 Å². The van der Waals surface area contributed by atoms with Gasteiger partial charge in [-0.1, -0.05) is 44.0 Å². The van der Waals surface area contributed by atoms with Gasteiger partial charge < -0.3 is 4.74 Å². The molecule has 1 unspecified atom stereocenters. The Morgan fingerprint density at radius 2 is 1.94 bits per heavy atom. The van der Waals surface area contributed by atoms with Crippen molar-refractivity contribution < 1.29 is 8.95 Å². The molecule has 2 nitrogen and oxygen atoms in total. The molecule has 5 heteroatoms. The van der Waals surface area contributed by atoms with Crippen LogP contribution in [0.15, 0.2) is 23.1 Å². The van der Waals surface area contributed by atoms with Crippen LogP contribution < -0.4 is 0 Å². The number of rotatable bonds is 4. The minimum absolute atomic E-state index is 0.0579. The standard InChI is InChI=1S/C12H16Cl2O2S/c1-12(2,3)7-16-8-17(15)11-6-9(13)4-5-10(11)14/h4-6H,7-8H2,1-3H3. The van der Waals surface area contributed by atoms with Crippen LogP contribution in [-0.4, -0.2) is 16.8 Å². The quantitative estimate of drug-likeness (QED) is 0.835. The topological polar surface area (TPSA) is 26.3 Å². The Labute approximate surface area is 115 Å². The van der Waals surface area contributed by atoms with Crippen LogP contribution in [0.25, 0.3) is 0 Å². The van der Waals surface area contributed by atoms with Gasteiger partial charge in [-0.2, -0.15) is 0 Å². The summed E-state index contributed by atoms with van der Waals surface area (Å²) in [5, 5.41) is 0.973. The third-order valence-corrected chi connectivity index (χ3v) is 3.75. The third-order valence-electron chi connectivity index (χ3n) is 1.86. The summed E-state index contributed by atoms with van der Waals surface area (Å²) in [7, 11) is -1.28. The zero-order valence-corrected chi connectivity index (χ0v) is 12.5. The zero-order valence-electron chi connectivity index (χ0n) is 10.1. The van der Waals surface area contributed by atoms with Crippen LogP contribution in [0, 0.1) is 5.41 Å². The lowest BCUT2D eigenvalue weighted by molar-refractivity contribution is 0.103. The second kappa shape index (κ2) is 6.19. The van der Waals surface area contributed by atoms with Crippen molar-refractivity contribution in [1.82, 2.24) is 0 Å². The predicted molar refractivity (Wildman–Crippen MR) is 73.1 cm³/mol. The van der Waals surface area contributed by atoms with Gasteiger partial charge in [-0.3, -0.25) is 4.21 Å². The normalized spacial score (nSPS) is 13.7. The fourth-order valence-corrected chi connectivity index (χ4v) is 2.66. The molecule has 0 radical (unpaired) electrons. The van der Waals surface area contributed by atoms with E-state index >= 15 is 0 Å². The van der Waals surface area contributed by atoms with Gasteiger partial charge in [0, 0.05) is 5.02 Å². The molecule has 0 aromatic heterocycles. The first-order valence-electron chi connectivity index (χ1n) is 5.21. The summed E-state index contributed by atoms with van der Waals surface area (Å²) in [4.78, 5) is 0.521. The molecule has 0 saturated heterocycles. The number of benzene rings is 1. The maximum Gasteiger partial charge on any atom is 0.126 e. The van der Waals surface area contributed by atoms with E-state index in [9.17, 15) is 4.21 Å². The minimum Gasteiger partial charge on any atom is -0.367 e. The van der Waals surface area contributed by atoms with E-state index in [0.717, 1.165) is 0 Å². The molecule has 0 spiro atoms. The second-order valence-corrected chi connectivity index (χ2v) is 7.16. The lowest BCUT2D eigenvalue weighted by Crippen LogP contribution is -2.16. The van der Waals surface area contributed by atoms with Crippen molar-refractivity contribution in [1.29, 1.82) is 0 Å². The average Bonchev–Trinajstić information content (AvgIpc) is 2.19. The number of hydrogen-bond donors (Lipinski definition) is 0. The van der Waals surface area contributed by atoms with Gasteiger partial charge in [0.1, 0.15) is 5.94 Å². The Hall–Kier alpha value is -0.0900. The molecule has 0 bridgehead atoms. The fourth-order valence-electron chi connectivity index (χ4n) is 1.14. The highest BCUT2D eigenvalue weighted by Crippen LogP contribution is 2.24. The molecular formula is C12H16Cl2O2S. The van der Waals surface area contributed by atoms with Crippen molar-refractivity contribution in [2.24, 2.45) is 5.41 Å². The van der Waals surface area contributed by atoms with Crippen molar-refractivity contribution in [3.8, 4) is 0 Å². The third kappa shape index (κ3) is 5.38. The van der Waals surface area contributed by atoms with E-state index in [1.807, 2.05) is 0 Å². The summed E-state index contributed by atoms with van der Waals surface area (Å²) in [6.07, 6.45) is 0. The van der Waals surface area contributed by atoms with Crippen molar-refractivity contribution in [3.05, 3.63) is 28.2 Å². The molecule has 0 saturated carbocycles. The smallest absolute Gasteiger partial charge is 0.126 e. The van der Waals surface area contributed by atoms with Crippen LogP contribution in [0.5, 0.6) is 0 Å². The lowest BCUT2D eigenvalue weighted by Gasteiger charge is -2.17. The van der Waals surface area contributed by atoms with E-state index in [1.165, 1.54) is 0 Å². The summed E-state index contributed by atoms with van der Waals surface area (Å²) in [6, 6.07) is 4.92. The second-order valence-electron chi connectivity index (χ2n) is 4.95. The van der Waals surface area contributed by atoms with Crippen LogP contribution >= 0.6 is 23.2 Å². The molecule has 0 N–H and O–H groups in total. The Morgan fingerprint density at radius 1 is 1.29 bits per heavy atom. The van der Waals surface area contributed by atoms with E-state index in [2.05, 4.69) is 20.8 Å². The molecule has 1 aromatic rings. The van der Waals surface area contributed by atoms with E-state index < -0.39 is 10.8 Å². The van der Waals surface area contributed by atoms with Crippen LogP contribution in [-0.2, 0) is 15.5 Å². The Balaban J connectivity index is 2.61. The Bertz CT molecular complexity index is 413. The maximum atomic E-state index is 11.9. The molecule has 0 aliphatic rings. The van der Waals surface area contributed by atoms with E-state index in [0.29, 0.717) is 21.5 Å². The molecule has 0 heterocycles. The number of hydrogen-bond acceptors (Lipinski definition) is 2. The van der Waals surface area contributed by atoms with Crippen molar-refractivity contribution >= 4 is 34.0 Å². The molecule has 0 aliphatic heterocycles. The summed E-state index contributed by atoms with van der Waals surface area (Å²) >= 11 is 11.8. The number of ether oxygens (including phenoxy) is 1.